The molecule has 0 saturated heterocycles. The van der Waals surface area contributed by atoms with Gasteiger partial charge in [-0.1, -0.05) is 32.1 Å². The fourth-order valence-electron chi connectivity index (χ4n) is 4.49. The minimum Gasteiger partial charge on any atom is -0.393 e. The van der Waals surface area contributed by atoms with Crippen molar-refractivity contribution < 1.29 is 5.11 Å². The Bertz CT molecular complexity index is 205. The Morgan fingerprint density at radius 1 is 0.714 bits per heavy atom. The van der Waals surface area contributed by atoms with Gasteiger partial charge in [-0.25, -0.2) is 0 Å². The second-order valence-electron chi connectivity index (χ2n) is 5.80. The Kier molecular flexibility index (Phi) is 2.31. The van der Waals surface area contributed by atoms with Crippen LogP contribution in [0.2, 0.25) is 0 Å². The van der Waals surface area contributed by atoms with E-state index in [1.807, 2.05) is 0 Å². The average Bonchev–Trinajstić information content (AvgIpc) is 2.79. The molecular weight excluding hydrogens is 172 g/mol. The number of hydrogen-bond donors (Lipinski definition) is 1. The highest BCUT2D eigenvalue weighted by Gasteiger charge is 2.49. The molecule has 0 aliphatic heterocycles. The van der Waals surface area contributed by atoms with Gasteiger partial charge >= 0.3 is 0 Å². The Hall–Kier alpha value is -0.0400. The van der Waals surface area contributed by atoms with E-state index in [9.17, 15) is 5.11 Å². The van der Waals surface area contributed by atoms with Crippen LogP contribution in [0.3, 0.4) is 0 Å². The molecule has 3 aliphatic carbocycles. The molecule has 0 aromatic rings. The molecule has 0 heterocycles. The van der Waals surface area contributed by atoms with Crippen molar-refractivity contribution >= 4 is 0 Å². The molecular formula is C13H22O. The first-order valence-corrected chi connectivity index (χ1v) is 6.54. The Labute approximate surface area is 86.9 Å². The third-order valence-electron chi connectivity index (χ3n) is 5.13. The monoisotopic (exact) mass is 194 g/mol. The van der Waals surface area contributed by atoms with Crippen LogP contribution < -0.4 is 0 Å². The maximum Gasteiger partial charge on any atom is 0.0601 e. The lowest BCUT2D eigenvalue weighted by molar-refractivity contribution is 0.0174. The van der Waals surface area contributed by atoms with E-state index in [2.05, 4.69) is 0 Å². The fraction of sp³-hybridized carbons (Fsp3) is 1.00. The van der Waals surface area contributed by atoms with Crippen LogP contribution in [0, 0.1) is 23.7 Å². The van der Waals surface area contributed by atoms with Crippen molar-refractivity contribution in [3.05, 3.63) is 0 Å². The molecule has 1 heteroatoms. The van der Waals surface area contributed by atoms with E-state index < -0.39 is 0 Å². The molecule has 3 fully saturated rings. The van der Waals surface area contributed by atoms with Gasteiger partial charge in [0.05, 0.1) is 6.10 Å². The summed E-state index contributed by atoms with van der Waals surface area (Å²) < 4.78 is 0. The molecule has 1 nitrogen and oxygen atoms in total. The number of aliphatic hydroxyl groups excluding tert-OH is 1. The van der Waals surface area contributed by atoms with Gasteiger partial charge in [0.15, 0.2) is 0 Å². The van der Waals surface area contributed by atoms with Gasteiger partial charge in [-0.15, -0.1) is 0 Å². The highest BCUT2D eigenvalue weighted by atomic mass is 16.3. The van der Waals surface area contributed by atoms with E-state index >= 15 is 0 Å². The molecule has 0 aromatic heterocycles. The molecule has 3 saturated carbocycles. The molecule has 80 valence electrons. The molecule has 14 heavy (non-hydrogen) atoms. The summed E-state index contributed by atoms with van der Waals surface area (Å²) in [6.07, 6.45) is 11.3. The lowest BCUT2D eigenvalue weighted by Gasteiger charge is -2.36. The second-order valence-corrected chi connectivity index (χ2v) is 5.80. The average molecular weight is 194 g/mol. The number of fused-ring (bicyclic) bond motifs is 2. The van der Waals surface area contributed by atoms with E-state index in [-0.39, 0.29) is 6.10 Å². The van der Waals surface area contributed by atoms with Gasteiger partial charge in [0.1, 0.15) is 0 Å². The van der Waals surface area contributed by atoms with Crippen molar-refractivity contribution in [1.29, 1.82) is 0 Å². The summed E-state index contributed by atoms with van der Waals surface area (Å²) in [7, 11) is 0. The summed E-state index contributed by atoms with van der Waals surface area (Å²) >= 11 is 0. The smallest absolute Gasteiger partial charge is 0.0601 e. The van der Waals surface area contributed by atoms with Crippen LogP contribution in [0.25, 0.3) is 0 Å². The van der Waals surface area contributed by atoms with Gasteiger partial charge in [-0.2, -0.15) is 0 Å². The summed E-state index contributed by atoms with van der Waals surface area (Å²) in [6.45, 7) is 0. The predicted octanol–water partition coefficient (Wildman–Crippen LogP) is 2.97. The first kappa shape index (κ1) is 9.21. The number of aliphatic hydroxyl groups is 1. The number of hydrogen-bond acceptors (Lipinski definition) is 1. The van der Waals surface area contributed by atoms with Crippen LogP contribution >= 0.6 is 0 Å². The maximum atomic E-state index is 10.2. The van der Waals surface area contributed by atoms with Gasteiger partial charge in [0.2, 0.25) is 0 Å². The maximum absolute atomic E-state index is 10.2. The lowest BCUT2D eigenvalue weighted by atomic mass is 9.71. The first-order chi connectivity index (χ1) is 6.86. The molecule has 0 spiro atoms. The fourth-order valence-corrected chi connectivity index (χ4v) is 4.49. The first-order valence-electron chi connectivity index (χ1n) is 6.54. The third-order valence-corrected chi connectivity index (χ3v) is 5.13. The molecule has 0 aromatic carbocycles. The zero-order valence-corrected chi connectivity index (χ0v) is 8.99. The van der Waals surface area contributed by atoms with Crippen molar-refractivity contribution in [2.75, 3.05) is 0 Å². The predicted molar refractivity (Wildman–Crippen MR) is 56.9 cm³/mol. The van der Waals surface area contributed by atoms with Crippen LogP contribution in [0.4, 0.5) is 0 Å². The lowest BCUT2D eigenvalue weighted by Crippen LogP contribution is -2.34. The summed E-state index contributed by atoms with van der Waals surface area (Å²) in [5, 5.41) is 10.2. The van der Waals surface area contributed by atoms with E-state index in [0.717, 1.165) is 11.8 Å². The van der Waals surface area contributed by atoms with Crippen molar-refractivity contribution in [2.45, 2.75) is 57.5 Å². The minimum atomic E-state index is 0.0804. The highest BCUT2D eigenvalue weighted by molar-refractivity contribution is 4.99. The molecule has 4 atom stereocenters. The van der Waals surface area contributed by atoms with E-state index in [4.69, 9.17) is 0 Å². The zero-order chi connectivity index (χ0) is 9.54. The molecule has 2 bridgehead atoms. The summed E-state index contributed by atoms with van der Waals surface area (Å²) in [5.41, 5.74) is 0. The summed E-state index contributed by atoms with van der Waals surface area (Å²) in [4.78, 5) is 0. The van der Waals surface area contributed by atoms with Gasteiger partial charge in [0.25, 0.3) is 0 Å². The standard InChI is InChI=1S/C13H22O/c14-13-11-7-6-10(8-11)12(13)9-4-2-1-3-5-9/h9-14H,1-8H2/t10-,11+,12-,13+/m1/s1. The van der Waals surface area contributed by atoms with Crippen molar-refractivity contribution in [1.82, 2.24) is 0 Å². The zero-order valence-electron chi connectivity index (χ0n) is 8.99. The minimum absolute atomic E-state index is 0.0804. The SMILES string of the molecule is O[C@H]1[C@H]2CC[C@H](C2)[C@H]1C1CCCCC1. The Morgan fingerprint density at radius 3 is 2.07 bits per heavy atom. The molecule has 3 aliphatic rings. The van der Waals surface area contributed by atoms with Crippen LogP contribution in [0.15, 0.2) is 0 Å². The topological polar surface area (TPSA) is 20.2 Å². The molecule has 3 rings (SSSR count). The van der Waals surface area contributed by atoms with Crippen LogP contribution in [-0.2, 0) is 0 Å². The molecule has 0 amide bonds. The van der Waals surface area contributed by atoms with Crippen LogP contribution in [0.1, 0.15) is 51.4 Å². The molecule has 0 unspecified atom stereocenters. The van der Waals surface area contributed by atoms with Gasteiger partial charge in [-0.3, -0.25) is 0 Å². The van der Waals surface area contributed by atoms with E-state index in [0.29, 0.717) is 11.8 Å². The largest absolute Gasteiger partial charge is 0.393 e. The normalized spacial score (nSPS) is 48.6. The van der Waals surface area contributed by atoms with Crippen molar-refractivity contribution in [2.24, 2.45) is 23.7 Å². The van der Waals surface area contributed by atoms with E-state index in [1.54, 1.807) is 0 Å². The molecule has 1 N–H and O–H groups in total. The Morgan fingerprint density at radius 2 is 1.43 bits per heavy atom. The summed E-state index contributed by atoms with van der Waals surface area (Å²) in [6, 6.07) is 0. The van der Waals surface area contributed by atoms with Crippen LogP contribution in [0.5, 0.6) is 0 Å². The highest BCUT2D eigenvalue weighted by Crippen LogP contribution is 2.53. The second kappa shape index (κ2) is 3.52. The van der Waals surface area contributed by atoms with Gasteiger partial charge in [-0.05, 0) is 42.9 Å². The third kappa shape index (κ3) is 1.32. The Balaban J connectivity index is 1.71. The van der Waals surface area contributed by atoms with E-state index in [1.165, 1.54) is 51.4 Å². The van der Waals surface area contributed by atoms with Crippen molar-refractivity contribution in [3.63, 3.8) is 0 Å². The van der Waals surface area contributed by atoms with Crippen LogP contribution in [-0.4, -0.2) is 11.2 Å². The van der Waals surface area contributed by atoms with Crippen molar-refractivity contribution in [3.8, 4) is 0 Å². The van der Waals surface area contributed by atoms with Gasteiger partial charge in [0, 0.05) is 0 Å². The number of rotatable bonds is 1. The summed E-state index contributed by atoms with van der Waals surface area (Å²) in [5.74, 6) is 3.17. The molecule has 0 radical (unpaired) electrons. The quantitative estimate of drug-likeness (QED) is 0.680. The van der Waals surface area contributed by atoms with Gasteiger partial charge < -0.3 is 5.11 Å².